The first-order valence-electron chi connectivity index (χ1n) is 12.5. The highest BCUT2D eigenvalue weighted by Gasteiger charge is 2.58. The molecule has 1 aliphatic rings. The van der Waals surface area contributed by atoms with Crippen LogP contribution in [0.2, 0.25) is 18.1 Å². The summed E-state index contributed by atoms with van der Waals surface area (Å²) in [5.74, 6) is 0. The van der Waals surface area contributed by atoms with Gasteiger partial charge in [-0.1, -0.05) is 115 Å². The van der Waals surface area contributed by atoms with Crippen LogP contribution in [-0.2, 0) is 12.3 Å². The topological polar surface area (TPSA) is 27.7 Å². The van der Waals surface area contributed by atoms with Gasteiger partial charge in [0.15, 0.2) is 0 Å². The van der Waals surface area contributed by atoms with Crippen molar-refractivity contribution in [3.63, 3.8) is 0 Å². The van der Waals surface area contributed by atoms with Crippen LogP contribution in [0.1, 0.15) is 97.8 Å². The van der Waals surface area contributed by atoms with Crippen molar-refractivity contribution in [3.8, 4) is 0 Å². The van der Waals surface area contributed by atoms with Crippen LogP contribution in [0.5, 0.6) is 0 Å². The van der Waals surface area contributed by atoms with E-state index in [0.29, 0.717) is 0 Å². The van der Waals surface area contributed by atoms with Gasteiger partial charge in [0.05, 0.1) is 0 Å². The molecule has 3 nitrogen and oxygen atoms in total. The lowest BCUT2D eigenvalue weighted by Gasteiger charge is -2.51. The van der Waals surface area contributed by atoms with E-state index >= 15 is 0 Å². The molecule has 0 unspecified atom stereocenters. The summed E-state index contributed by atoms with van der Waals surface area (Å²) in [6.07, 6.45) is 14.6. The summed E-state index contributed by atoms with van der Waals surface area (Å²) < 4.78 is 20.7. The smallest absolute Gasteiger partial charge is 0.347 e. The van der Waals surface area contributed by atoms with Crippen LogP contribution in [0.25, 0.3) is 0 Å². The molecular weight excluding hydrogens is 421 g/mol. The van der Waals surface area contributed by atoms with E-state index in [0.717, 1.165) is 37.4 Å². The molecule has 174 valence electrons. The van der Waals surface area contributed by atoms with E-state index in [2.05, 4.69) is 40.5 Å². The Kier molecular flexibility index (Phi) is 13.7. The molecule has 0 N–H and O–H groups in total. The first kappa shape index (κ1) is 27.8. The maximum atomic E-state index is 6.89. The molecule has 0 radical (unpaired) electrons. The third kappa shape index (κ3) is 8.71. The molecule has 1 saturated heterocycles. The highest BCUT2D eigenvalue weighted by Crippen LogP contribution is 2.40. The molecule has 0 saturated carbocycles. The fourth-order valence-electron chi connectivity index (χ4n) is 4.20. The van der Waals surface area contributed by atoms with E-state index in [1.165, 1.54) is 57.8 Å². The lowest BCUT2D eigenvalue weighted by molar-refractivity contribution is 0.231. The monoisotopic (exact) mass is 468 g/mol. The second-order valence-corrected chi connectivity index (χ2v) is 18.8. The largest absolute Gasteiger partial charge is 0.409 e. The Morgan fingerprint density at radius 1 is 0.467 bits per heavy atom. The molecule has 30 heavy (non-hydrogen) atoms. The third-order valence-electron chi connectivity index (χ3n) is 6.11. The van der Waals surface area contributed by atoms with E-state index in [4.69, 9.17) is 12.3 Å². The molecule has 0 aromatic heterocycles. The molecule has 0 bridgehead atoms. The third-order valence-corrected chi connectivity index (χ3v) is 19.4. The standard InChI is InChI=1S/C24H48O3Si3/c1-7-13-16-19-22-28(10-4)25-29(11-5,23-20-17-14-8-2)27-30(12-6,26-28)24-21-18-15-9-3/h10-12H,4-9,13-24H2,1-3H3. The van der Waals surface area contributed by atoms with Gasteiger partial charge in [-0.15, -0.1) is 19.7 Å². The summed E-state index contributed by atoms with van der Waals surface area (Å²) in [7, 11) is -7.61. The summed E-state index contributed by atoms with van der Waals surface area (Å²) in [5.41, 5.74) is 6.11. The Labute approximate surface area is 190 Å². The van der Waals surface area contributed by atoms with Crippen molar-refractivity contribution in [1.29, 1.82) is 0 Å². The van der Waals surface area contributed by atoms with E-state index in [-0.39, 0.29) is 0 Å². The molecule has 0 spiro atoms. The first-order chi connectivity index (χ1) is 14.5. The van der Waals surface area contributed by atoms with E-state index in [1.807, 2.05) is 17.1 Å². The van der Waals surface area contributed by atoms with Crippen molar-refractivity contribution in [2.24, 2.45) is 0 Å². The van der Waals surface area contributed by atoms with Crippen LogP contribution in [0.15, 0.2) is 36.8 Å². The summed E-state index contributed by atoms with van der Waals surface area (Å²) in [6.45, 7) is 19.4. The Bertz CT molecular complexity index is 433. The zero-order valence-corrected chi connectivity index (χ0v) is 23.2. The van der Waals surface area contributed by atoms with Crippen LogP contribution < -0.4 is 0 Å². The summed E-state index contributed by atoms with van der Waals surface area (Å²) >= 11 is 0. The molecule has 0 atom stereocenters. The second-order valence-electron chi connectivity index (χ2n) is 8.79. The van der Waals surface area contributed by atoms with Crippen molar-refractivity contribution in [1.82, 2.24) is 0 Å². The van der Waals surface area contributed by atoms with Gasteiger partial charge in [0.2, 0.25) is 0 Å². The molecular formula is C24H48O3Si3. The van der Waals surface area contributed by atoms with E-state index in [1.54, 1.807) is 0 Å². The van der Waals surface area contributed by atoms with Crippen LogP contribution >= 0.6 is 0 Å². The molecule has 0 amide bonds. The van der Waals surface area contributed by atoms with Crippen molar-refractivity contribution >= 4 is 25.7 Å². The van der Waals surface area contributed by atoms with Crippen LogP contribution in [0, 0.1) is 0 Å². The van der Waals surface area contributed by atoms with Gasteiger partial charge in [-0.3, -0.25) is 0 Å². The molecule has 6 heteroatoms. The maximum absolute atomic E-state index is 6.89. The normalized spacial score (nSPS) is 28.9. The van der Waals surface area contributed by atoms with E-state index < -0.39 is 25.7 Å². The van der Waals surface area contributed by atoms with Gasteiger partial charge in [0.25, 0.3) is 0 Å². The summed E-state index contributed by atoms with van der Waals surface area (Å²) in [5, 5.41) is 0. The molecule has 0 aliphatic carbocycles. The number of hydrogen-bond donors (Lipinski definition) is 0. The van der Waals surface area contributed by atoms with Gasteiger partial charge in [-0.05, 0) is 18.1 Å². The zero-order chi connectivity index (χ0) is 22.3. The first-order valence-corrected chi connectivity index (χ1v) is 18.8. The fourth-order valence-corrected chi connectivity index (χ4v) is 20.1. The molecule has 1 rings (SSSR count). The molecule has 1 aliphatic heterocycles. The second kappa shape index (κ2) is 14.7. The summed E-state index contributed by atoms with van der Waals surface area (Å²) in [6, 6.07) is 2.94. The molecule has 0 aromatic carbocycles. The number of hydrogen-bond acceptors (Lipinski definition) is 3. The minimum atomic E-state index is -2.54. The highest BCUT2D eigenvalue weighted by atomic mass is 28.5. The van der Waals surface area contributed by atoms with Gasteiger partial charge in [-0.25, -0.2) is 0 Å². The predicted octanol–water partition coefficient (Wildman–Crippen LogP) is 8.29. The average molecular weight is 469 g/mol. The number of unbranched alkanes of at least 4 members (excludes halogenated alkanes) is 9. The van der Waals surface area contributed by atoms with Crippen LogP contribution in [0.3, 0.4) is 0 Å². The molecule has 1 heterocycles. The van der Waals surface area contributed by atoms with Crippen LogP contribution in [0.4, 0.5) is 0 Å². The van der Waals surface area contributed by atoms with Crippen molar-refractivity contribution in [3.05, 3.63) is 36.8 Å². The Balaban J connectivity index is 3.09. The average Bonchev–Trinajstić information content (AvgIpc) is 2.77. The van der Waals surface area contributed by atoms with Crippen LogP contribution in [-0.4, -0.2) is 25.7 Å². The molecule has 1 fully saturated rings. The zero-order valence-electron chi connectivity index (χ0n) is 20.2. The van der Waals surface area contributed by atoms with E-state index in [9.17, 15) is 0 Å². The lowest BCUT2D eigenvalue weighted by Crippen LogP contribution is -2.68. The quantitative estimate of drug-likeness (QED) is 0.149. The van der Waals surface area contributed by atoms with Crippen molar-refractivity contribution in [2.75, 3.05) is 0 Å². The van der Waals surface area contributed by atoms with Gasteiger partial charge < -0.3 is 12.3 Å². The minimum Gasteiger partial charge on any atom is -0.409 e. The summed E-state index contributed by atoms with van der Waals surface area (Å²) in [4.78, 5) is 0. The van der Waals surface area contributed by atoms with Gasteiger partial charge in [-0.2, -0.15) is 0 Å². The minimum absolute atomic E-state index is 0.981. The Morgan fingerprint density at radius 2 is 0.733 bits per heavy atom. The maximum Gasteiger partial charge on any atom is 0.347 e. The van der Waals surface area contributed by atoms with Crippen molar-refractivity contribution < 1.29 is 12.3 Å². The molecule has 0 aromatic rings. The SMILES string of the molecule is C=C[Si]1(CCCCCC)O[Si](C=C)(CCCCCC)O[Si](C=C)(CCCCCC)O1. The lowest BCUT2D eigenvalue weighted by atomic mass is 10.2. The van der Waals surface area contributed by atoms with Gasteiger partial charge >= 0.3 is 25.7 Å². The highest BCUT2D eigenvalue weighted by molar-refractivity contribution is 6.99. The van der Waals surface area contributed by atoms with Crippen molar-refractivity contribution in [2.45, 2.75) is 116 Å². The van der Waals surface area contributed by atoms with Gasteiger partial charge in [0.1, 0.15) is 0 Å². The Morgan fingerprint density at radius 3 is 0.933 bits per heavy atom. The number of rotatable bonds is 18. The van der Waals surface area contributed by atoms with Gasteiger partial charge in [0, 0.05) is 0 Å². The predicted molar refractivity (Wildman–Crippen MR) is 138 cm³/mol. The Hall–Kier alpha value is -0.249. The fraction of sp³-hybridized carbons (Fsp3) is 0.750.